The van der Waals surface area contributed by atoms with Crippen molar-refractivity contribution in [1.29, 1.82) is 0 Å². The van der Waals surface area contributed by atoms with Gasteiger partial charge in [0, 0.05) is 10.9 Å². The van der Waals surface area contributed by atoms with Gasteiger partial charge >= 0.3 is 0 Å². The number of nitrogens with zero attached hydrogens (tertiary/aromatic N) is 1. The Bertz CT molecular complexity index is 1030. The molecule has 3 aromatic carbocycles. The van der Waals surface area contributed by atoms with Crippen LogP contribution in [0.15, 0.2) is 78.9 Å². The highest BCUT2D eigenvalue weighted by atomic mass is 19.1. The topological polar surface area (TPSA) is 33.1 Å². The van der Waals surface area contributed by atoms with Crippen molar-refractivity contribution < 1.29 is 9.50 Å². The molecule has 0 radical (unpaired) electrons. The molecule has 24 heavy (non-hydrogen) atoms. The molecule has 0 spiro atoms. The maximum atomic E-state index is 14.2. The van der Waals surface area contributed by atoms with Crippen LogP contribution < -0.4 is 0 Å². The summed E-state index contributed by atoms with van der Waals surface area (Å²) in [6.07, 6.45) is 0. The number of aromatic nitrogens is 1. The molecule has 0 aliphatic carbocycles. The zero-order chi connectivity index (χ0) is 16.5. The molecule has 3 heteroatoms. The van der Waals surface area contributed by atoms with Gasteiger partial charge in [-0.15, -0.1) is 0 Å². The first-order chi connectivity index (χ1) is 11.7. The average molecular weight is 315 g/mol. The van der Waals surface area contributed by atoms with Crippen LogP contribution in [0.1, 0.15) is 0 Å². The van der Waals surface area contributed by atoms with Crippen LogP contribution in [0.2, 0.25) is 0 Å². The average Bonchev–Trinajstić information content (AvgIpc) is 2.62. The molecule has 1 heterocycles. The summed E-state index contributed by atoms with van der Waals surface area (Å²) in [5, 5.41) is 10.5. The lowest BCUT2D eigenvalue weighted by Gasteiger charge is -2.11. The molecule has 0 saturated carbocycles. The summed E-state index contributed by atoms with van der Waals surface area (Å²) in [4.78, 5) is 4.62. The summed E-state index contributed by atoms with van der Waals surface area (Å²) in [5.74, 6) is -0.0802. The van der Waals surface area contributed by atoms with Crippen LogP contribution in [0.25, 0.3) is 33.3 Å². The van der Waals surface area contributed by atoms with E-state index in [2.05, 4.69) is 4.98 Å². The first kappa shape index (κ1) is 14.4. The number of fused-ring (bicyclic) bond motifs is 1. The Balaban J connectivity index is 2.01. The summed E-state index contributed by atoms with van der Waals surface area (Å²) in [7, 11) is 0. The second-order valence-electron chi connectivity index (χ2n) is 5.60. The van der Waals surface area contributed by atoms with Crippen LogP contribution in [0.3, 0.4) is 0 Å². The molecular weight excluding hydrogens is 301 g/mol. The van der Waals surface area contributed by atoms with Gasteiger partial charge < -0.3 is 5.11 Å². The highest BCUT2D eigenvalue weighted by Crippen LogP contribution is 2.33. The highest BCUT2D eigenvalue weighted by Gasteiger charge is 2.11. The maximum Gasteiger partial charge on any atom is 0.132 e. The van der Waals surface area contributed by atoms with Gasteiger partial charge in [-0.2, -0.15) is 0 Å². The van der Waals surface area contributed by atoms with Crippen molar-refractivity contribution in [3.63, 3.8) is 0 Å². The first-order valence-electron chi connectivity index (χ1n) is 7.66. The first-order valence-corrected chi connectivity index (χ1v) is 7.66. The van der Waals surface area contributed by atoms with Crippen LogP contribution in [0.5, 0.6) is 5.75 Å². The molecule has 0 fully saturated rings. The van der Waals surface area contributed by atoms with Crippen molar-refractivity contribution in [3.8, 4) is 28.1 Å². The third-order valence-electron chi connectivity index (χ3n) is 4.04. The molecule has 0 atom stereocenters. The monoisotopic (exact) mass is 315 g/mol. The fourth-order valence-corrected chi connectivity index (χ4v) is 2.86. The molecule has 0 unspecified atom stereocenters. The van der Waals surface area contributed by atoms with E-state index >= 15 is 0 Å². The number of phenolic OH excluding ortho intramolecular Hbond substituents is 1. The Morgan fingerprint density at radius 1 is 0.750 bits per heavy atom. The summed E-state index contributed by atoms with van der Waals surface area (Å²) in [6.45, 7) is 0. The lowest BCUT2D eigenvalue weighted by atomic mass is 9.98. The number of para-hydroxylation sites is 1. The lowest BCUT2D eigenvalue weighted by molar-refractivity contribution is 0.475. The van der Waals surface area contributed by atoms with Gasteiger partial charge in [-0.05, 0) is 47.5 Å². The van der Waals surface area contributed by atoms with Crippen LogP contribution >= 0.6 is 0 Å². The molecule has 0 amide bonds. The minimum atomic E-state index is -0.295. The SMILES string of the molecule is Oc1ccc(-c2cc(-c3ccccc3F)nc3ccccc23)cc1. The van der Waals surface area contributed by atoms with Gasteiger partial charge in [0.2, 0.25) is 0 Å². The van der Waals surface area contributed by atoms with Gasteiger partial charge in [-0.3, -0.25) is 0 Å². The zero-order valence-corrected chi connectivity index (χ0v) is 12.8. The number of aromatic hydroxyl groups is 1. The van der Waals surface area contributed by atoms with Crippen molar-refractivity contribution in [1.82, 2.24) is 4.98 Å². The molecule has 1 N–H and O–H groups in total. The van der Waals surface area contributed by atoms with E-state index in [1.54, 1.807) is 30.3 Å². The van der Waals surface area contributed by atoms with E-state index in [0.717, 1.165) is 22.0 Å². The van der Waals surface area contributed by atoms with Crippen LogP contribution in [-0.2, 0) is 0 Å². The van der Waals surface area contributed by atoms with Gasteiger partial charge in [0.25, 0.3) is 0 Å². The molecule has 4 rings (SSSR count). The number of rotatable bonds is 2. The Kier molecular flexibility index (Phi) is 3.47. The van der Waals surface area contributed by atoms with E-state index in [0.29, 0.717) is 11.3 Å². The number of hydrogen-bond donors (Lipinski definition) is 1. The van der Waals surface area contributed by atoms with Gasteiger partial charge in [-0.25, -0.2) is 9.37 Å². The Hall–Kier alpha value is -3.20. The second kappa shape index (κ2) is 5.78. The lowest BCUT2D eigenvalue weighted by Crippen LogP contribution is -1.91. The van der Waals surface area contributed by atoms with Crippen molar-refractivity contribution >= 4 is 10.9 Å². The fourth-order valence-electron chi connectivity index (χ4n) is 2.86. The van der Waals surface area contributed by atoms with Crippen LogP contribution in [0.4, 0.5) is 4.39 Å². The van der Waals surface area contributed by atoms with Crippen molar-refractivity contribution in [2.75, 3.05) is 0 Å². The van der Waals surface area contributed by atoms with E-state index < -0.39 is 0 Å². The van der Waals surface area contributed by atoms with Crippen LogP contribution in [0, 0.1) is 5.82 Å². The van der Waals surface area contributed by atoms with Gasteiger partial charge in [-0.1, -0.05) is 42.5 Å². The van der Waals surface area contributed by atoms with Crippen molar-refractivity contribution in [2.24, 2.45) is 0 Å². The number of halogens is 1. The molecular formula is C21H14FNO. The van der Waals surface area contributed by atoms with Crippen molar-refractivity contribution in [2.45, 2.75) is 0 Å². The van der Waals surface area contributed by atoms with Gasteiger partial charge in [0.15, 0.2) is 0 Å². The largest absolute Gasteiger partial charge is 0.508 e. The number of phenols is 1. The van der Waals surface area contributed by atoms with Crippen molar-refractivity contribution in [3.05, 3.63) is 84.7 Å². The zero-order valence-electron chi connectivity index (χ0n) is 12.8. The minimum Gasteiger partial charge on any atom is -0.508 e. The van der Waals surface area contributed by atoms with Gasteiger partial charge in [0.05, 0.1) is 11.2 Å². The van der Waals surface area contributed by atoms with E-state index in [4.69, 9.17) is 0 Å². The molecule has 0 aliphatic rings. The maximum absolute atomic E-state index is 14.2. The van der Waals surface area contributed by atoms with Crippen LogP contribution in [-0.4, -0.2) is 10.1 Å². The van der Waals surface area contributed by atoms with E-state index in [-0.39, 0.29) is 11.6 Å². The second-order valence-corrected chi connectivity index (χ2v) is 5.60. The molecule has 0 aliphatic heterocycles. The number of pyridine rings is 1. The Labute approximate surface area is 138 Å². The molecule has 116 valence electrons. The van der Waals surface area contributed by atoms with Gasteiger partial charge in [0.1, 0.15) is 11.6 Å². The third-order valence-corrected chi connectivity index (χ3v) is 4.04. The molecule has 1 aromatic heterocycles. The predicted molar refractivity (Wildman–Crippen MR) is 94.2 cm³/mol. The number of benzene rings is 3. The van der Waals surface area contributed by atoms with E-state index in [1.807, 2.05) is 42.5 Å². The Morgan fingerprint density at radius 2 is 1.46 bits per heavy atom. The molecule has 4 aromatic rings. The Morgan fingerprint density at radius 3 is 2.25 bits per heavy atom. The van der Waals surface area contributed by atoms with E-state index in [1.165, 1.54) is 6.07 Å². The smallest absolute Gasteiger partial charge is 0.132 e. The highest BCUT2D eigenvalue weighted by molar-refractivity contribution is 5.96. The standard InChI is InChI=1S/C21H14FNO/c22-19-7-3-1-6-17(19)21-13-18(14-9-11-15(24)12-10-14)16-5-2-4-8-20(16)23-21/h1-13,24H. The summed E-state index contributed by atoms with van der Waals surface area (Å²) < 4.78 is 14.2. The number of hydrogen-bond acceptors (Lipinski definition) is 2. The summed E-state index contributed by atoms with van der Waals surface area (Å²) in [6, 6.07) is 23.3. The third kappa shape index (κ3) is 2.50. The molecule has 0 saturated heterocycles. The normalized spacial score (nSPS) is 10.9. The fraction of sp³-hybridized carbons (Fsp3) is 0. The molecule has 0 bridgehead atoms. The summed E-state index contributed by atoms with van der Waals surface area (Å²) >= 11 is 0. The quantitative estimate of drug-likeness (QED) is 0.536. The predicted octanol–water partition coefficient (Wildman–Crippen LogP) is 5.41. The van der Waals surface area contributed by atoms with E-state index in [9.17, 15) is 9.50 Å². The minimum absolute atomic E-state index is 0.214. The summed E-state index contributed by atoms with van der Waals surface area (Å²) in [5.41, 5.74) is 3.78. The molecule has 2 nitrogen and oxygen atoms in total.